The summed E-state index contributed by atoms with van der Waals surface area (Å²) < 4.78 is 0. The van der Waals surface area contributed by atoms with Crippen molar-refractivity contribution in [2.75, 3.05) is 11.4 Å². The molecule has 0 aromatic carbocycles. The van der Waals surface area contributed by atoms with E-state index in [1.165, 1.54) is 24.0 Å². The molecule has 1 fully saturated rings. The molecule has 1 saturated heterocycles. The standard InChI is InChI=1S/C12H18N2O2S/c1-7-4-8(2)9(3)14(6-7)12-13-5-10(17-12)11(15)16/h5,7-9H,4,6H2,1-3H3,(H,15,16). The highest BCUT2D eigenvalue weighted by Crippen LogP contribution is 2.33. The Balaban J connectivity index is 2.22. The summed E-state index contributed by atoms with van der Waals surface area (Å²) in [6.07, 6.45) is 2.69. The maximum Gasteiger partial charge on any atom is 0.347 e. The Labute approximate surface area is 105 Å². The topological polar surface area (TPSA) is 53.4 Å². The van der Waals surface area contributed by atoms with Crippen LogP contribution in [0, 0.1) is 11.8 Å². The lowest BCUT2D eigenvalue weighted by atomic mass is 9.86. The van der Waals surface area contributed by atoms with Gasteiger partial charge in [0.1, 0.15) is 4.88 Å². The summed E-state index contributed by atoms with van der Waals surface area (Å²) in [6.45, 7) is 7.65. The van der Waals surface area contributed by atoms with Crippen molar-refractivity contribution < 1.29 is 9.90 Å². The number of aromatic nitrogens is 1. The molecular formula is C12H18N2O2S. The first-order chi connectivity index (χ1) is 7.99. The van der Waals surface area contributed by atoms with E-state index >= 15 is 0 Å². The van der Waals surface area contributed by atoms with Crippen molar-refractivity contribution in [3.63, 3.8) is 0 Å². The van der Waals surface area contributed by atoms with Gasteiger partial charge in [0.2, 0.25) is 0 Å². The van der Waals surface area contributed by atoms with Crippen LogP contribution < -0.4 is 4.90 Å². The molecule has 0 radical (unpaired) electrons. The smallest absolute Gasteiger partial charge is 0.347 e. The zero-order chi connectivity index (χ0) is 12.6. The molecule has 0 spiro atoms. The average Bonchev–Trinajstić information content (AvgIpc) is 2.72. The molecule has 0 saturated carbocycles. The van der Waals surface area contributed by atoms with E-state index in [2.05, 4.69) is 30.7 Å². The van der Waals surface area contributed by atoms with Gasteiger partial charge >= 0.3 is 5.97 Å². The van der Waals surface area contributed by atoms with E-state index in [0.29, 0.717) is 22.8 Å². The SMILES string of the molecule is CC1CC(C)C(C)N(c2ncc(C(=O)O)s2)C1. The molecule has 0 amide bonds. The molecule has 94 valence electrons. The van der Waals surface area contributed by atoms with Crippen LogP contribution in [0.15, 0.2) is 6.20 Å². The van der Waals surface area contributed by atoms with Crippen molar-refractivity contribution >= 4 is 22.4 Å². The van der Waals surface area contributed by atoms with Gasteiger partial charge in [-0.1, -0.05) is 25.2 Å². The number of rotatable bonds is 2. The summed E-state index contributed by atoms with van der Waals surface area (Å²) >= 11 is 1.27. The number of hydrogen-bond acceptors (Lipinski definition) is 4. The van der Waals surface area contributed by atoms with Crippen LogP contribution in [0.2, 0.25) is 0 Å². The molecule has 3 unspecified atom stereocenters. The van der Waals surface area contributed by atoms with Crippen molar-refractivity contribution in [1.82, 2.24) is 4.98 Å². The molecule has 1 aromatic heterocycles. The largest absolute Gasteiger partial charge is 0.477 e. The fourth-order valence-electron chi connectivity index (χ4n) is 2.46. The molecule has 4 nitrogen and oxygen atoms in total. The van der Waals surface area contributed by atoms with Crippen LogP contribution in [0.4, 0.5) is 5.13 Å². The average molecular weight is 254 g/mol. The maximum absolute atomic E-state index is 10.9. The first kappa shape index (κ1) is 12.4. The molecular weight excluding hydrogens is 236 g/mol. The molecule has 2 rings (SSSR count). The second kappa shape index (κ2) is 4.64. The number of hydrogen-bond donors (Lipinski definition) is 1. The van der Waals surface area contributed by atoms with Crippen molar-refractivity contribution in [1.29, 1.82) is 0 Å². The van der Waals surface area contributed by atoms with Gasteiger partial charge in [0.05, 0.1) is 6.20 Å². The monoisotopic (exact) mass is 254 g/mol. The third-order valence-corrected chi connectivity index (χ3v) is 4.57. The molecule has 5 heteroatoms. The molecule has 17 heavy (non-hydrogen) atoms. The predicted octanol–water partition coefficient (Wildman–Crippen LogP) is 2.71. The highest BCUT2D eigenvalue weighted by atomic mass is 32.1. The number of carbonyl (C=O) groups is 1. The lowest BCUT2D eigenvalue weighted by Crippen LogP contribution is -2.45. The van der Waals surface area contributed by atoms with Crippen LogP contribution in [-0.2, 0) is 0 Å². The van der Waals surface area contributed by atoms with Crippen LogP contribution in [0.3, 0.4) is 0 Å². The molecule has 0 aliphatic carbocycles. The summed E-state index contributed by atoms with van der Waals surface area (Å²) in [5, 5.41) is 9.76. The first-order valence-electron chi connectivity index (χ1n) is 5.94. The molecule has 3 atom stereocenters. The van der Waals surface area contributed by atoms with Crippen molar-refractivity contribution in [3.8, 4) is 0 Å². The van der Waals surface area contributed by atoms with Gasteiger partial charge in [-0.15, -0.1) is 0 Å². The van der Waals surface area contributed by atoms with Gasteiger partial charge in [0.25, 0.3) is 0 Å². The Morgan fingerprint density at radius 2 is 2.24 bits per heavy atom. The fraction of sp³-hybridized carbons (Fsp3) is 0.667. The Kier molecular flexibility index (Phi) is 3.38. The molecule has 1 aliphatic heterocycles. The van der Waals surface area contributed by atoms with Gasteiger partial charge in [-0.2, -0.15) is 0 Å². The van der Waals surface area contributed by atoms with Gasteiger partial charge < -0.3 is 10.0 Å². The van der Waals surface area contributed by atoms with Crippen molar-refractivity contribution in [3.05, 3.63) is 11.1 Å². The van der Waals surface area contributed by atoms with Crippen LogP contribution in [0.5, 0.6) is 0 Å². The lowest BCUT2D eigenvalue weighted by Gasteiger charge is -2.41. The number of thiazole rings is 1. The van der Waals surface area contributed by atoms with Crippen molar-refractivity contribution in [2.24, 2.45) is 11.8 Å². The predicted molar refractivity (Wildman–Crippen MR) is 68.8 cm³/mol. The third-order valence-electron chi connectivity index (χ3n) is 3.55. The minimum atomic E-state index is -0.889. The third kappa shape index (κ3) is 2.44. The number of anilines is 1. The summed E-state index contributed by atoms with van der Waals surface area (Å²) in [5.41, 5.74) is 0. The van der Waals surface area contributed by atoms with Gasteiger partial charge in [-0.3, -0.25) is 0 Å². The van der Waals surface area contributed by atoms with Gasteiger partial charge in [0.15, 0.2) is 5.13 Å². The minimum absolute atomic E-state index is 0.318. The Bertz CT molecular complexity index is 418. The lowest BCUT2D eigenvalue weighted by molar-refractivity contribution is 0.0702. The Morgan fingerprint density at radius 3 is 2.82 bits per heavy atom. The molecule has 0 bridgehead atoms. The van der Waals surface area contributed by atoms with E-state index in [9.17, 15) is 4.79 Å². The van der Waals surface area contributed by atoms with E-state index in [4.69, 9.17) is 5.11 Å². The highest BCUT2D eigenvalue weighted by molar-refractivity contribution is 7.17. The van der Waals surface area contributed by atoms with Crippen molar-refractivity contribution in [2.45, 2.75) is 33.2 Å². The number of aromatic carboxylic acids is 1. The van der Waals surface area contributed by atoms with E-state index in [1.54, 1.807) is 0 Å². The number of piperidine rings is 1. The van der Waals surface area contributed by atoms with Crippen LogP contribution in [0.25, 0.3) is 0 Å². The molecule has 2 heterocycles. The second-order valence-electron chi connectivity index (χ2n) is 5.02. The number of carboxylic acid groups (broad SMARTS) is 1. The minimum Gasteiger partial charge on any atom is -0.477 e. The zero-order valence-electron chi connectivity index (χ0n) is 10.4. The number of nitrogens with zero attached hydrogens (tertiary/aromatic N) is 2. The normalized spacial score (nSPS) is 29.4. The number of carboxylic acids is 1. The van der Waals surface area contributed by atoms with Crippen LogP contribution in [0.1, 0.15) is 36.9 Å². The van der Waals surface area contributed by atoms with E-state index in [-0.39, 0.29) is 0 Å². The van der Waals surface area contributed by atoms with E-state index in [1.807, 2.05) is 0 Å². The second-order valence-corrected chi connectivity index (χ2v) is 6.03. The van der Waals surface area contributed by atoms with Gasteiger partial charge in [0, 0.05) is 12.6 Å². The summed E-state index contributed by atoms with van der Waals surface area (Å²) in [6, 6.07) is 0.430. The Morgan fingerprint density at radius 1 is 1.53 bits per heavy atom. The molecule has 1 aliphatic rings. The summed E-state index contributed by atoms with van der Waals surface area (Å²) in [4.78, 5) is 17.7. The summed E-state index contributed by atoms with van der Waals surface area (Å²) in [7, 11) is 0. The van der Waals surface area contributed by atoms with Crippen LogP contribution in [-0.4, -0.2) is 28.6 Å². The Hall–Kier alpha value is -1.10. The molecule has 1 N–H and O–H groups in total. The van der Waals surface area contributed by atoms with E-state index in [0.717, 1.165) is 11.7 Å². The van der Waals surface area contributed by atoms with Gasteiger partial charge in [-0.25, -0.2) is 9.78 Å². The maximum atomic E-state index is 10.9. The highest BCUT2D eigenvalue weighted by Gasteiger charge is 2.30. The van der Waals surface area contributed by atoms with Gasteiger partial charge in [-0.05, 0) is 25.2 Å². The summed E-state index contributed by atoms with van der Waals surface area (Å²) in [5.74, 6) is 0.369. The quantitative estimate of drug-likeness (QED) is 0.881. The van der Waals surface area contributed by atoms with E-state index < -0.39 is 5.97 Å². The zero-order valence-corrected chi connectivity index (χ0v) is 11.2. The fourth-order valence-corrected chi connectivity index (χ4v) is 3.32. The first-order valence-corrected chi connectivity index (χ1v) is 6.76. The van der Waals surface area contributed by atoms with Crippen LogP contribution >= 0.6 is 11.3 Å². The molecule has 1 aromatic rings.